The molecule has 80 valence electrons. The van der Waals surface area contributed by atoms with Gasteiger partial charge in [-0.2, -0.15) is 0 Å². The number of rotatable bonds is 3. The zero-order chi connectivity index (χ0) is 10.9. The monoisotopic (exact) mass is 232 g/mol. The Morgan fingerprint density at radius 3 is 2.67 bits per heavy atom. The van der Waals surface area contributed by atoms with E-state index in [-0.39, 0.29) is 18.1 Å². The molecule has 0 nitrogen and oxygen atoms in total. The third-order valence-electron chi connectivity index (χ3n) is 3.79. The lowest BCUT2D eigenvalue weighted by Crippen LogP contribution is -2.21. The van der Waals surface area contributed by atoms with E-state index in [1.165, 1.54) is 12.0 Å². The maximum absolute atomic E-state index is 2.44. The predicted octanol–water partition coefficient (Wildman–Crippen LogP) is 2.17. The zero-order valence-corrected chi connectivity index (χ0v) is 12.8. The van der Waals surface area contributed by atoms with E-state index in [0.29, 0.717) is 5.04 Å². The van der Waals surface area contributed by atoms with Crippen LogP contribution in [0.3, 0.4) is 0 Å². The van der Waals surface area contributed by atoms with Crippen molar-refractivity contribution in [1.82, 2.24) is 0 Å². The molecule has 15 heavy (non-hydrogen) atoms. The van der Waals surface area contributed by atoms with E-state index in [2.05, 4.69) is 51.2 Å². The van der Waals surface area contributed by atoms with E-state index < -0.39 is 0 Å². The summed E-state index contributed by atoms with van der Waals surface area (Å²) in [5.74, 6) is 0. The molecule has 0 spiro atoms. The molecule has 0 aromatic heterocycles. The summed E-state index contributed by atoms with van der Waals surface area (Å²) in [7, 11) is 0.168. The maximum atomic E-state index is 2.44. The summed E-state index contributed by atoms with van der Waals surface area (Å²) in [4.78, 5) is 0. The van der Waals surface area contributed by atoms with E-state index in [0.717, 1.165) is 0 Å². The highest BCUT2D eigenvalue weighted by Crippen LogP contribution is 2.39. The molecule has 0 aromatic rings. The van der Waals surface area contributed by atoms with Crippen LogP contribution in [0.2, 0.25) is 5.04 Å². The minimum atomic E-state index is 0.0740. The topological polar surface area (TPSA) is 0 Å². The Morgan fingerprint density at radius 2 is 2.13 bits per heavy atom. The van der Waals surface area contributed by atoms with Gasteiger partial charge in [-0.15, -0.1) is 0 Å². The van der Waals surface area contributed by atoms with E-state index in [1.807, 2.05) is 0 Å². The second-order valence-corrected chi connectivity index (χ2v) is 11.5. The standard InChI is InChI=1S/C13H20Si2/c1-10-6-7-12(9-10)14-15-13(3)8-4-5-11(13)2/h4-6,8-9H,7,14-15H2,1-3H3. The second-order valence-electron chi connectivity index (χ2n) is 5.08. The highest BCUT2D eigenvalue weighted by Gasteiger charge is 2.26. The summed E-state index contributed by atoms with van der Waals surface area (Å²) < 4.78 is 0. The summed E-state index contributed by atoms with van der Waals surface area (Å²) >= 11 is 0. The average Bonchev–Trinajstić information content (AvgIpc) is 2.73. The smallest absolute Gasteiger partial charge is 0.0390 e. The van der Waals surface area contributed by atoms with E-state index >= 15 is 0 Å². The Bertz CT molecular complexity index is 385. The first-order valence-electron chi connectivity index (χ1n) is 5.83. The summed E-state index contributed by atoms with van der Waals surface area (Å²) in [6.07, 6.45) is 13.1. The molecule has 0 amide bonds. The van der Waals surface area contributed by atoms with Gasteiger partial charge in [0.25, 0.3) is 0 Å². The normalized spacial score (nSPS) is 30.7. The van der Waals surface area contributed by atoms with Gasteiger partial charge in [-0.05, 0) is 25.3 Å². The van der Waals surface area contributed by atoms with Crippen LogP contribution in [-0.4, -0.2) is 18.1 Å². The average molecular weight is 232 g/mol. The van der Waals surface area contributed by atoms with Gasteiger partial charge in [0.05, 0.1) is 0 Å². The Hall–Kier alpha value is -0.606. The molecule has 2 aliphatic carbocycles. The van der Waals surface area contributed by atoms with E-state index in [9.17, 15) is 0 Å². The SMILES string of the molecule is CC1=CCC([SiH2][SiH2]C2(C)C=CC=C2C)=C1. The van der Waals surface area contributed by atoms with Crippen LogP contribution in [0.15, 0.2) is 46.7 Å². The molecule has 0 heterocycles. The van der Waals surface area contributed by atoms with Crippen molar-refractivity contribution >= 4 is 18.1 Å². The molecule has 0 radical (unpaired) electrons. The maximum Gasteiger partial charge on any atom is 0.0390 e. The molecule has 0 bridgehead atoms. The highest BCUT2D eigenvalue weighted by molar-refractivity contribution is 7.06. The van der Waals surface area contributed by atoms with E-state index in [1.54, 1.807) is 10.8 Å². The molecule has 0 fully saturated rings. The van der Waals surface area contributed by atoms with Crippen LogP contribution in [-0.2, 0) is 0 Å². The lowest BCUT2D eigenvalue weighted by atomic mass is 10.1. The van der Waals surface area contributed by atoms with Gasteiger partial charge >= 0.3 is 0 Å². The van der Waals surface area contributed by atoms with E-state index in [4.69, 9.17) is 0 Å². The van der Waals surface area contributed by atoms with Crippen molar-refractivity contribution in [2.75, 3.05) is 0 Å². The first-order chi connectivity index (χ1) is 7.10. The number of allylic oxidation sites excluding steroid dienone is 8. The lowest BCUT2D eigenvalue weighted by molar-refractivity contribution is 0.904. The quantitative estimate of drug-likeness (QED) is 0.654. The van der Waals surface area contributed by atoms with Gasteiger partial charge in [0.1, 0.15) is 0 Å². The minimum Gasteiger partial charge on any atom is -0.0871 e. The third kappa shape index (κ3) is 2.32. The first-order valence-corrected chi connectivity index (χ1v) is 11.2. The summed E-state index contributed by atoms with van der Waals surface area (Å²) in [6.45, 7) is 6.97. The number of hydrogen-bond acceptors (Lipinski definition) is 0. The fourth-order valence-corrected chi connectivity index (χ4v) is 10.1. The molecular weight excluding hydrogens is 212 g/mol. The predicted molar refractivity (Wildman–Crippen MR) is 74.8 cm³/mol. The molecule has 0 N–H and O–H groups in total. The van der Waals surface area contributed by atoms with Crippen molar-refractivity contribution in [2.45, 2.75) is 32.2 Å². The molecule has 1 atom stereocenters. The van der Waals surface area contributed by atoms with Gasteiger partial charge in [0.15, 0.2) is 0 Å². The van der Waals surface area contributed by atoms with Crippen molar-refractivity contribution in [3.05, 3.63) is 46.7 Å². The van der Waals surface area contributed by atoms with Crippen LogP contribution in [0.1, 0.15) is 27.2 Å². The van der Waals surface area contributed by atoms with Crippen LogP contribution in [0.4, 0.5) is 0 Å². The molecule has 2 rings (SSSR count). The van der Waals surface area contributed by atoms with Gasteiger partial charge in [0.2, 0.25) is 0 Å². The van der Waals surface area contributed by atoms with Gasteiger partial charge in [-0.1, -0.05) is 53.6 Å². The third-order valence-corrected chi connectivity index (χ3v) is 12.8. The van der Waals surface area contributed by atoms with Crippen LogP contribution >= 0.6 is 0 Å². The Morgan fingerprint density at radius 1 is 1.33 bits per heavy atom. The van der Waals surface area contributed by atoms with Crippen LogP contribution < -0.4 is 0 Å². The van der Waals surface area contributed by atoms with Crippen molar-refractivity contribution in [1.29, 1.82) is 0 Å². The molecule has 0 saturated carbocycles. The first kappa shape index (κ1) is 10.9. The molecule has 1 unspecified atom stereocenters. The fraction of sp³-hybridized carbons (Fsp3) is 0.385. The van der Waals surface area contributed by atoms with Gasteiger partial charge < -0.3 is 0 Å². The molecule has 0 aromatic carbocycles. The molecule has 2 aliphatic rings. The van der Waals surface area contributed by atoms with Crippen LogP contribution in [0, 0.1) is 0 Å². The zero-order valence-electron chi connectivity index (χ0n) is 10.0. The van der Waals surface area contributed by atoms with Crippen molar-refractivity contribution in [3.8, 4) is 0 Å². The summed E-state index contributed by atoms with van der Waals surface area (Å²) in [5, 5.41) is 2.32. The van der Waals surface area contributed by atoms with Crippen molar-refractivity contribution < 1.29 is 0 Å². The molecular formula is C13H20Si2. The van der Waals surface area contributed by atoms with Crippen molar-refractivity contribution in [2.24, 2.45) is 0 Å². The summed E-state index contributed by atoms with van der Waals surface area (Å²) in [5.41, 5.74) is 3.09. The fourth-order valence-electron chi connectivity index (χ4n) is 2.33. The summed E-state index contributed by atoms with van der Waals surface area (Å²) in [6, 6.07) is 0. The molecule has 2 heteroatoms. The highest BCUT2D eigenvalue weighted by atomic mass is 29.1. The Labute approximate surface area is 97.3 Å². The van der Waals surface area contributed by atoms with Crippen molar-refractivity contribution in [3.63, 3.8) is 0 Å². The minimum absolute atomic E-state index is 0.0740. The lowest BCUT2D eigenvalue weighted by Gasteiger charge is -2.23. The molecule has 0 aliphatic heterocycles. The second kappa shape index (κ2) is 4.10. The van der Waals surface area contributed by atoms with Gasteiger partial charge in [-0.25, -0.2) is 0 Å². The van der Waals surface area contributed by atoms with Crippen LogP contribution in [0.25, 0.3) is 0 Å². The Kier molecular flexibility index (Phi) is 2.98. The largest absolute Gasteiger partial charge is 0.0871 e. The Balaban J connectivity index is 1.92. The molecule has 0 saturated heterocycles. The van der Waals surface area contributed by atoms with Gasteiger partial charge in [0, 0.05) is 18.1 Å². The van der Waals surface area contributed by atoms with Gasteiger partial charge in [-0.3, -0.25) is 0 Å². The van der Waals surface area contributed by atoms with Crippen LogP contribution in [0.5, 0.6) is 0 Å². The number of hydrogen-bond donors (Lipinski definition) is 0.